The second kappa shape index (κ2) is 6.95. The molecule has 0 bridgehead atoms. The fraction of sp³-hybridized carbons (Fsp3) is 0.500. The number of alkyl halides is 3. The molecule has 1 aliphatic heterocycles. The van der Waals surface area contributed by atoms with Gasteiger partial charge in [-0.25, -0.2) is 9.78 Å². The molecular weight excluding hydrogens is 313 g/mol. The topological polar surface area (TPSA) is 71.5 Å². The first-order valence-corrected chi connectivity index (χ1v) is 6.06. The average molecular weight is 327 g/mol. The smallest absolute Gasteiger partial charge is 0.433 e. The van der Waals surface area contributed by atoms with Crippen LogP contribution in [0.2, 0.25) is 0 Å². The van der Waals surface area contributed by atoms with Crippen LogP contribution in [0.4, 0.5) is 13.2 Å². The zero-order valence-electron chi connectivity index (χ0n) is 10.8. The van der Waals surface area contributed by atoms with Crippen molar-refractivity contribution in [3.63, 3.8) is 0 Å². The Morgan fingerprint density at radius 3 is 2.67 bits per heavy atom. The number of carboxylic acids is 1. The van der Waals surface area contributed by atoms with Gasteiger partial charge in [0.05, 0.1) is 5.56 Å². The Labute approximate surface area is 124 Å². The first-order chi connectivity index (χ1) is 9.36. The molecule has 118 valence electrons. The molecule has 0 radical (unpaired) electrons. The molecule has 5 nitrogen and oxygen atoms in total. The van der Waals surface area contributed by atoms with Crippen LogP contribution in [0.15, 0.2) is 12.1 Å². The zero-order chi connectivity index (χ0) is 14.8. The minimum atomic E-state index is -4.71. The number of piperidine rings is 1. The van der Waals surface area contributed by atoms with E-state index in [1.807, 2.05) is 0 Å². The first-order valence-electron chi connectivity index (χ1n) is 6.06. The van der Waals surface area contributed by atoms with E-state index in [2.05, 4.69) is 10.3 Å². The van der Waals surface area contributed by atoms with Gasteiger partial charge in [0, 0.05) is 12.6 Å². The maximum atomic E-state index is 12.7. The molecule has 1 unspecified atom stereocenters. The molecular formula is C12H14ClF3N2O3. The van der Waals surface area contributed by atoms with E-state index in [0.29, 0.717) is 19.0 Å². The van der Waals surface area contributed by atoms with E-state index in [0.717, 1.165) is 19.0 Å². The van der Waals surface area contributed by atoms with E-state index in [1.165, 1.54) is 0 Å². The number of nitrogens with one attached hydrogen (secondary N) is 1. The number of rotatable bonds is 3. The summed E-state index contributed by atoms with van der Waals surface area (Å²) in [5, 5.41) is 11.9. The van der Waals surface area contributed by atoms with Gasteiger partial charge in [-0.3, -0.25) is 0 Å². The summed E-state index contributed by atoms with van der Waals surface area (Å²) < 4.78 is 43.3. The Morgan fingerprint density at radius 1 is 1.43 bits per heavy atom. The summed E-state index contributed by atoms with van der Waals surface area (Å²) in [6, 6.07) is 1.50. The number of ether oxygens (including phenoxy) is 1. The van der Waals surface area contributed by atoms with Crippen molar-refractivity contribution in [1.29, 1.82) is 0 Å². The van der Waals surface area contributed by atoms with Gasteiger partial charge in [-0.15, -0.1) is 12.4 Å². The van der Waals surface area contributed by atoms with E-state index < -0.39 is 23.4 Å². The average Bonchev–Trinajstić information content (AvgIpc) is 2.38. The number of halogens is 4. The number of carboxylic acid groups (broad SMARTS) is 1. The Morgan fingerprint density at radius 2 is 2.14 bits per heavy atom. The highest BCUT2D eigenvalue weighted by Gasteiger charge is 2.34. The van der Waals surface area contributed by atoms with Crippen LogP contribution in [-0.2, 0) is 6.18 Å². The van der Waals surface area contributed by atoms with Crippen LogP contribution in [0.3, 0.4) is 0 Å². The molecule has 0 aromatic carbocycles. The summed E-state index contributed by atoms with van der Waals surface area (Å²) in [4.78, 5) is 14.2. The largest absolute Gasteiger partial charge is 0.478 e. The molecule has 2 N–H and O–H groups in total. The number of hydrogen-bond donors (Lipinski definition) is 2. The number of pyridine rings is 1. The fourth-order valence-corrected chi connectivity index (χ4v) is 1.93. The maximum Gasteiger partial charge on any atom is 0.433 e. The number of carbonyl (C=O) groups is 1. The molecule has 0 saturated carbocycles. The van der Waals surface area contributed by atoms with Crippen LogP contribution >= 0.6 is 12.4 Å². The second-order valence-electron chi connectivity index (χ2n) is 4.47. The summed E-state index contributed by atoms with van der Waals surface area (Å²) in [7, 11) is 0. The molecule has 1 atom stereocenters. The van der Waals surface area contributed by atoms with Gasteiger partial charge < -0.3 is 15.2 Å². The highest BCUT2D eigenvalue weighted by atomic mass is 35.5. The number of aromatic carboxylic acids is 1. The lowest BCUT2D eigenvalue weighted by Gasteiger charge is -2.23. The van der Waals surface area contributed by atoms with Crippen molar-refractivity contribution in [1.82, 2.24) is 10.3 Å². The molecule has 1 aromatic rings. The lowest BCUT2D eigenvalue weighted by molar-refractivity contribution is -0.141. The lowest BCUT2D eigenvalue weighted by atomic mass is 10.1. The van der Waals surface area contributed by atoms with Gasteiger partial charge in [0.25, 0.3) is 0 Å². The van der Waals surface area contributed by atoms with Crippen molar-refractivity contribution in [3.8, 4) is 5.88 Å². The van der Waals surface area contributed by atoms with Gasteiger partial charge in [0.2, 0.25) is 5.88 Å². The van der Waals surface area contributed by atoms with Crippen LogP contribution in [0.5, 0.6) is 5.88 Å². The van der Waals surface area contributed by atoms with Gasteiger partial charge in [-0.2, -0.15) is 13.2 Å². The summed E-state index contributed by atoms with van der Waals surface area (Å²) >= 11 is 0. The predicted octanol–water partition coefficient (Wildman–Crippen LogP) is 2.35. The molecule has 2 heterocycles. The highest BCUT2D eigenvalue weighted by molar-refractivity contribution is 5.88. The Kier molecular flexibility index (Phi) is 5.79. The van der Waals surface area contributed by atoms with Crippen molar-refractivity contribution >= 4 is 18.4 Å². The summed E-state index contributed by atoms with van der Waals surface area (Å²) in [5.41, 5.74) is -1.76. The quantitative estimate of drug-likeness (QED) is 0.892. The number of hydrogen-bond acceptors (Lipinski definition) is 4. The molecule has 1 aliphatic rings. The Hall–Kier alpha value is -1.54. The third kappa shape index (κ3) is 4.75. The number of aromatic nitrogens is 1. The van der Waals surface area contributed by atoms with E-state index in [1.54, 1.807) is 0 Å². The van der Waals surface area contributed by atoms with E-state index in [4.69, 9.17) is 9.84 Å². The van der Waals surface area contributed by atoms with Gasteiger partial charge in [0.15, 0.2) is 0 Å². The second-order valence-corrected chi connectivity index (χ2v) is 4.47. The van der Waals surface area contributed by atoms with Gasteiger partial charge >= 0.3 is 12.1 Å². The predicted molar refractivity (Wildman–Crippen MR) is 70.0 cm³/mol. The van der Waals surface area contributed by atoms with Crippen LogP contribution in [0.25, 0.3) is 0 Å². The van der Waals surface area contributed by atoms with Gasteiger partial charge in [-0.05, 0) is 25.5 Å². The van der Waals surface area contributed by atoms with Crippen molar-refractivity contribution in [2.45, 2.75) is 25.1 Å². The molecule has 0 amide bonds. The third-order valence-electron chi connectivity index (χ3n) is 2.88. The number of nitrogens with zero attached hydrogens (tertiary/aromatic N) is 1. The van der Waals surface area contributed by atoms with Crippen LogP contribution < -0.4 is 10.1 Å². The maximum absolute atomic E-state index is 12.7. The van der Waals surface area contributed by atoms with E-state index in [-0.39, 0.29) is 24.4 Å². The van der Waals surface area contributed by atoms with Crippen LogP contribution in [-0.4, -0.2) is 35.3 Å². The van der Waals surface area contributed by atoms with Crippen LogP contribution in [0.1, 0.15) is 28.9 Å². The fourth-order valence-electron chi connectivity index (χ4n) is 1.93. The van der Waals surface area contributed by atoms with E-state index in [9.17, 15) is 18.0 Å². The SMILES string of the molecule is Cl.O=C(O)c1cc(OC2CCCNC2)nc(C(F)(F)F)c1. The molecule has 21 heavy (non-hydrogen) atoms. The molecule has 0 aliphatic carbocycles. The molecule has 1 aromatic heterocycles. The zero-order valence-corrected chi connectivity index (χ0v) is 11.6. The normalized spacial score (nSPS) is 18.7. The van der Waals surface area contributed by atoms with Crippen molar-refractivity contribution in [2.75, 3.05) is 13.1 Å². The summed E-state index contributed by atoms with van der Waals surface area (Å²) in [6.07, 6.45) is -3.49. The Balaban J connectivity index is 0.00000220. The molecule has 1 saturated heterocycles. The lowest BCUT2D eigenvalue weighted by Crippen LogP contribution is -2.37. The van der Waals surface area contributed by atoms with Crippen LogP contribution in [0, 0.1) is 0 Å². The third-order valence-corrected chi connectivity index (χ3v) is 2.88. The van der Waals surface area contributed by atoms with Crippen molar-refractivity contribution < 1.29 is 27.8 Å². The van der Waals surface area contributed by atoms with Gasteiger partial charge in [0.1, 0.15) is 11.8 Å². The van der Waals surface area contributed by atoms with Gasteiger partial charge in [-0.1, -0.05) is 0 Å². The summed E-state index contributed by atoms with van der Waals surface area (Å²) in [5.74, 6) is -1.77. The standard InChI is InChI=1S/C12H13F3N2O3.ClH/c13-12(14,15)9-4-7(11(18)19)5-10(17-9)20-8-2-1-3-16-6-8;/h4-5,8,16H,1-3,6H2,(H,18,19);1H. The van der Waals surface area contributed by atoms with E-state index >= 15 is 0 Å². The minimum absolute atomic E-state index is 0. The highest BCUT2D eigenvalue weighted by Crippen LogP contribution is 2.30. The van der Waals surface area contributed by atoms with Crippen molar-refractivity contribution in [2.24, 2.45) is 0 Å². The Bertz CT molecular complexity index is 505. The summed E-state index contributed by atoms with van der Waals surface area (Å²) in [6.45, 7) is 1.33. The molecule has 9 heteroatoms. The van der Waals surface area contributed by atoms with Crippen molar-refractivity contribution in [3.05, 3.63) is 23.4 Å². The molecule has 2 rings (SSSR count). The molecule has 0 spiro atoms. The minimum Gasteiger partial charge on any atom is -0.478 e. The molecule has 1 fully saturated rings. The first kappa shape index (κ1) is 17.5. The monoisotopic (exact) mass is 326 g/mol.